The van der Waals surface area contributed by atoms with E-state index >= 15 is 0 Å². The zero-order valence-corrected chi connectivity index (χ0v) is 15.0. The third-order valence-corrected chi connectivity index (χ3v) is 5.48. The summed E-state index contributed by atoms with van der Waals surface area (Å²) in [6.45, 7) is 9.00. The number of likely N-dealkylation sites (tertiary alicyclic amines) is 1. The van der Waals surface area contributed by atoms with E-state index in [0.29, 0.717) is 25.0 Å². The van der Waals surface area contributed by atoms with E-state index in [1.807, 2.05) is 36.9 Å². The van der Waals surface area contributed by atoms with Crippen molar-refractivity contribution in [1.82, 2.24) is 10.2 Å². The molecule has 3 aliphatic heterocycles. The first-order valence-corrected chi connectivity index (χ1v) is 8.46. The van der Waals surface area contributed by atoms with Crippen LogP contribution in [0.1, 0.15) is 19.4 Å². The van der Waals surface area contributed by atoms with Crippen LogP contribution in [0.15, 0.2) is 18.2 Å². The number of carbonyl (C=O) groups excluding carboxylic acids is 1. The molecule has 3 aliphatic rings. The summed E-state index contributed by atoms with van der Waals surface area (Å²) in [4.78, 5) is 15.1. The molecule has 2 fully saturated rings. The Kier molecular flexibility index (Phi) is 4.67. The molecule has 1 amide bonds. The maximum Gasteiger partial charge on any atom is 0.232 e. The van der Waals surface area contributed by atoms with E-state index in [-0.39, 0.29) is 18.3 Å². The van der Waals surface area contributed by atoms with Crippen LogP contribution in [0.4, 0.5) is 0 Å². The van der Waals surface area contributed by atoms with Crippen molar-refractivity contribution < 1.29 is 14.3 Å². The van der Waals surface area contributed by atoms with E-state index in [4.69, 9.17) is 9.47 Å². The van der Waals surface area contributed by atoms with Crippen LogP contribution < -0.4 is 14.8 Å². The lowest BCUT2D eigenvalue weighted by Crippen LogP contribution is -2.43. The molecular formula is C18H25ClN2O3. The standard InChI is InChI=1S/C18H24N2O3.ClH/c1-18(2,14-3-4-15-16(7-14)23-6-5-22-15)17(21)20-10-12-8-19-9-13(12)11-20;/h3-4,7,12-13,19H,5-6,8-11H2,1-2H3;1H/t12-,13+;. The van der Waals surface area contributed by atoms with Crippen LogP contribution in [0.3, 0.4) is 0 Å². The van der Waals surface area contributed by atoms with Gasteiger partial charge in [0, 0.05) is 26.2 Å². The van der Waals surface area contributed by atoms with E-state index in [1.54, 1.807) is 0 Å². The normalized spacial score (nSPS) is 25.2. The molecular weight excluding hydrogens is 328 g/mol. The summed E-state index contributed by atoms with van der Waals surface area (Å²) >= 11 is 0. The lowest BCUT2D eigenvalue weighted by atomic mass is 9.83. The second kappa shape index (κ2) is 6.45. The van der Waals surface area contributed by atoms with Gasteiger partial charge in [-0.05, 0) is 43.4 Å². The second-order valence-electron chi connectivity index (χ2n) is 7.37. The number of fused-ring (bicyclic) bond motifs is 2. The van der Waals surface area contributed by atoms with E-state index < -0.39 is 5.41 Å². The molecule has 5 nitrogen and oxygen atoms in total. The number of benzene rings is 1. The van der Waals surface area contributed by atoms with Crippen LogP contribution in [0.5, 0.6) is 11.5 Å². The molecule has 3 heterocycles. The highest BCUT2D eigenvalue weighted by Crippen LogP contribution is 2.37. The molecule has 0 spiro atoms. The van der Waals surface area contributed by atoms with Crippen molar-refractivity contribution in [2.45, 2.75) is 19.3 Å². The highest BCUT2D eigenvalue weighted by atomic mass is 35.5. The van der Waals surface area contributed by atoms with Crippen molar-refractivity contribution in [3.63, 3.8) is 0 Å². The maximum atomic E-state index is 13.1. The molecule has 1 aromatic rings. The predicted molar refractivity (Wildman–Crippen MR) is 94.1 cm³/mol. The van der Waals surface area contributed by atoms with Crippen LogP contribution in [-0.2, 0) is 10.2 Å². The van der Waals surface area contributed by atoms with Gasteiger partial charge in [-0.15, -0.1) is 12.4 Å². The van der Waals surface area contributed by atoms with Crippen LogP contribution in [0.25, 0.3) is 0 Å². The van der Waals surface area contributed by atoms with Gasteiger partial charge in [0.15, 0.2) is 11.5 Å². The predicted octanol–water partition coefficient (Wildman–Crippen LogP) is 1.83. The topological polar surface area (TPSA) is 50.8 Å². The first-order valence-electron chi connectivity index (χ1n) is 8.46. The number of nitrogens with one attached hydrogen (secondary N) is 1. The number of rotatable bonds is 2. The zero-order chi connectivity index (χ0) is 16.0. The molecule has 2 atom stereocenters. The van der Waals surface area contributed by atoms with Crippen molar-refractivity contribution in [1.29, 1.82) is 0 Å². The van der Waals surface area contributed by atoms with E-state index in [1.165, 1.54) is 0 Å². The number of amides is 1. The van der Waals surface area contributed by atoms with Gasteiger partial charge in [0.1, 0.15) is 13.2 Å². The zero-order valence-electron chi connectivity index (χ0n) is 14.2. The summed E-state index contributed by atoms with van der Waals surface area (Å²) in [5.74, 6) is 2.97. The molecule has 4 rings (SSSR count). The van der Waals surface area contributed by atoms with Crippen molar-refractivity contribution in [2.75, 3.05) is 39.4 Å². The monoisotopic (exact) mass is 352 g/mol. The van der Waals surface area contributed by atoms with Crippen LogP contribution in [0.2, 0.25) is 0 Å². The number of ether oxygens (including phenoxy) is 2. The molecule has 0 aromatic heterocycles. The van der Waals surface area contributed by atoms with Gasteiger partial charge in [0.25, 0.3) is 0 Å². The molecule has 6 heteroatoms. The summed E-state index contributed by atoms with van der Waals surface area (Å²) in [6, 6.07) is 5.87. The third-order valence-electron chi connectivity index (χ3n) is 5.48. The maximum absolute atomic E-state index is 13.1. The average Bonchev–Trinajstić information content (AvgIpc) is 3.15. The largest absolute Gasteiger partial charge is 0.486 e. The molecule has 132 valence electrons. The summed E-state index contributed by atoms with van der Waals surface area (Å²) in [5.41, 5.74) is 0.434. The second-order valence-corrected chi connectivity index (χ2v) is 7.37. The molecule has 0 aliphatic carbocycles. The van der Waals surface area contributed by atoms with E-state index in [0.717, 1.165) is 43.2 Å². The number of hydrogen-bond donors (Lipinski definition) is 1. The van der Waals surface area contributed by atoms with Gasteiger partial charge in [0.05, 0.1) is 5.41 Å². The fourth-order valence-electron chi connectivity index (χ4n) is 3.97. The fourth-order valence-corrected chi connectivity index (χ4v) is 3.97. The molecule has 0 radical (unpaired) electrons. The van der Waals surface area contributed by atoms with Gasteiger partial charge in [-0.3, -0.25) is 4.79 Å². The first-order chi connectivity index (χ1) is 11.1. The third kappa shape index (κ3) is 2.84. The van der Waals surface area contributed by atoms with Crippen molar-refractivity contribution in [3.05, 3.63) is 23.8 Å². The number of halogens is 1. The molecule has 0 bridgehead atoms. The molecule has 0 saturated carbocycles. The van der Waals surface area contributed by atoms with Gasteiger partial charge in [-0.2, -0.15) is 0 Å². The van der Waals surface area contributed by atoms with Gasteiger partial charge >= 0.3 is 0 Å². The van der Waals surface area contributed by atoms with Crippen molar-refractivity contribution in [3.8, 4) is 11.5 Å². The van der Waals surface area contributed by atoms with E-state index in [9.17, 15) is 4.79 Å². The first kappa shape index (κ1) is 17.4. The quantitative estimate of drug-likeness (QED) is 0.882. The van der Waals surface area contributed by atoms with Gasteiger partial charge in [-0.25, -0.2) is 0 Å². The van der Waals surface area contributed by atoms with Crippen molar-refractivity contribution in [2.24, 2.45) is 11.8 Å². The number of carbonyl (C=O) groups is 1. The lowest BCUT2D eigenvalue weighted by Gasteiger charge is -2.31. The van der Waals surface area contributed by atoms with Crippen molar-refractivity contribution >= 4 is 18.3 Å². The summed E-state index contributed by atoms with van der Waals surface area (Å²) in [7, 11) is 0. The average molecular weight is 353 g/mol. The molecule has 1 aromatic carbocycles. The highest BCUT2D eigenvalue weighted by Gasteiger charge is 2.42. The molecule has 2 saturated heterocycles. The minimum absolute atomic E-state index is 0. The Morgan fingerprint density at radius 3 is 2.42 bits per heavy atom. The Bertz CT molecular complexity index is 623. The minimum Gasteiger partial charge on any atom is -0.486 e. The lowest BCUT2D eigenvalue weighted by molar-refractivity contribution is -0.135. The summed E-state index contributed by atoms with van der Waals surface area (Å²) in [6.07, 6.45) is 0. The van der Waals surface area contributed by atoms with Gasteiger partial charge in [-0.1, -0.05) is 6.07 Å². The van der Waals surface area contributed by atoms with Gasteiger partial charge < -0.3 is 19.7 Å². The highest BCUT2D eigenvalue weighted by molar-refractivity contribution is 5.88. The van der Waals surface area contributed by atoms with Crippen LogP contribution >= 0.6 is 12.4 Å². The Hall–Kier alpha value is -1.46. The van der Waals surface area contributed by atoms with Gasteiger partial charge in [0.2, 0.25) is 5.91 Å². The van der Waals surface area contributed by atoms with E-state index in [2.05, 4.69) is 5.32 Å². The Morgan fingerprint density at radius 2 is 1.75 bits per heavy atom. The van der Waals surface area contributed by atoms with Crippen LogP contribution in [-0.4, -0.2) is 50.2 Å². The van der Waals surface area contributed by atoms with Crippen LogP contribution in [0, 0.1) is 11.8 Å². The number of hydrogen-bond acceptors (Lipinski definition) is 4. The minimum atomic E-state index is -0.554. The fraction of sp³-hybridized carbons (Fsp3) is 0.611. The molecule has 24 heavy (non-hydrogen) atoms. The summed E-state index contributed by atoms with van der Waals surface area (Å²) < 4.78 is 11.2. The Morgan fingerprint density at radius 1 is 1.12 bits per heavy atom. The smallest absolute Gasteiger partial charge is 0.232 e. The Balaban J connectivity index is 0.00000169. The summed E-state index contributed by atoms with van der Waals surface area (Å²) in [5, 5.41) is 3.42. The molecule has 1 N–H and O–H groups in total. The Labute approximate surface area is 149 Å². The number of nitrogens with zero attached hydrogens (tertiary/aromatic N) is 1. The molecule has 0 unspecified atom stereocenters. The SMILES string of the molecule is CC(C)(C(=O)N1C[C@H]2CNC[C@H]2C1)c1ccc2c(c1)OCCO2.Cl.